The maximum atomic E-state index is 11.5. The highest BCUT2D eigenvalue weighted by atomic mass is 16.7. The Hall–Kier alpha value is -2.75. The molecule has 2 aliphatic heterocycles. The number of para-hydroxylation sites is 1. The third kappa shape index (κ3) is 2.05. The molecular weight excluding hydrogens is 264 g/mol. The molecule has 4 heteroatoms. The summed E-state index contributed by atoms with van der Waals surface area (Å²) >= 11 is 0. The van der Waals surface area contributed by atoms with E-state index >= 15 is 0 Å². The zero-order valence-electron chi connectivity index (χ0n) is 11.2. The van der Waals surface area contributed by atoms with E-state index in [4.69, 9.17) is 4.84 Å². The molecule has 1 unspecified atom stereocenters. The van der Waals surface area contributed by atoms with Gasteiger partial charge < -0.3 is 10.2 Å². The molecule has 0 aliphatic carbocycles. The molecule has 2 N–H and O–H groups in total. The molecule has 0 spiro atoms. The van der Waals surface area contributed by atoms with Gasteiger partial charge in [-0.15, -0.1) is 0 Å². The Kier molecular flexibility index (Phi) is 2.67. The van der Waals surface area contributed by atoms with Crippen LogP contribution in [-0.2, 0) is 4.79 Å². The molecule has 2 heterocycles. The summed E-state index contributed by atoms with van der Waals surface area (Å²) in [5.74, 6) is 0.427. The minimum atomic E-state index is -0.241. The predicted octanol–water partition coefficient (Wildman–Crippen LogP) is 2.84. The topological polar surface area (TPSA) is 50.4 Å². The maximum Gasteiger partial charge on any atom is 0.261 e. The van der Waals surface area contributed by atoms with Gasteiger partial charge in [-0.05, 0) is 23.3 Å². The summed E-state index contributed by atoms with van der Waals surface area (Å²) in [6.45, 7) is 0. The first-order chi connectivity index (χ1) is 10.3. The SMILES string of the molecule is O=C1[CH]c2c(cccc2C2C=Cc3ccccc3N2)ON1. The average Bonchev–Trinajstić information content (AvgIpc) is 2.54. The molecule has 0 saturated carbocycles. The lowest BCUT2D eigenvalue weighted by molar-refractivity contribution is -0.124. The third-order valence-electron chi connectivity index (χ3n) is 3.71. The van der Waals surface area contributed by atoms with Crippen molar-refractivity contribution in [2.75, 3.05) is 5.32 Å². The van der Waals surface area contributed by atoms with Crippen LogP contribution in [0.3, 0.4) is 0 Å². The first kappa shape index (κ1) is 12.0. The van der Waals surface area contributed by atoms with Crippen LogP contribution < -0.4 is 15.6 Å². The minimum absolute atomic E-state index is 0.0144. The zero-order valence-corrected chi connectivity index (χ0v) is 11.2. The van der Waals surface area contributed by atoms with Gasteiger partial charge in [-0.3, -0.25) is 4.79 Å². The van der Waals surface area contributed by atoms with Gasteiger partial charge >= 0.3 is 0 Å². The van der Waals surface area contributed by atoms with E-state index in [1.807, 2.05) is 36.4 Å². The highest BCUT2D eigenvalue weighted by Gasteiger charge is 2.24. The molecule has 21 heavy (non-hydrogen) atoms. The van der Waals surface area contributed by atoms with E-state index in [1.165, 1.54) is 0 Å². The molecule has 2 aliphatic rings. The molecule has 0 aromatic heterocycles. The number of hydrogen-bond donors (Lipinski definition) is 2. The van der Waals surface area contributed by atoms with E-state index in [0.717, 1.165) is 22.4 Å². The molecule has 4 nitrogen and oxygen atoms in total. The van der Waals surface area contributed by atoms with Crippen molar-refractivity contribution in [3.8, 4) is 5.75 Å². The van der Waals surface area contributed by atoms with Crippen molar-refractivity contribution < 1.29 is 9.63 Å². The molecule has 1 atom stereocenters. The number of hydroxylamine groups is 1. The number of fused-ring (bicyclic) bond motifs is 2. The lowest BCUT2D eigenvalue weighted by Crippen LogP contribution is -2.32. The normalized spacial score (nSPS) is 18.9. The Morgan fingerprint density at radius 2 is 1.95 bits per heavy atom. The van der Waals surface area contributed by atoms with Crippen molar-refractivity contribution in [3.05, 3.63) is 71.7 Å². The first-order valence-electron chi connectivity index (χ1n) is 6.79. The van der Waals surface area contributed by atoms with E-state index < -0.39 is 0 Å². The van der Waals surface area contributed by atoms with Crippen molar-refractivity contribution in [1.82, 2.24) is 5.48 Å². The van der Waals surface area contributed by atoms with E-state index in [9.17, 15) is 4.79 Å². The van der Waals surface area contributed by atoms with Crippen LogP contribution in [0.25, 0.3) is 6.08 Å². The second-order valence-electron chi connectivity index (χ2n) is 5.04. The molecule has 0 bridgehead atoms. The maximum absolute atomic E-state index is 11.5. The molecule has 1 amide bonds. The van der Waals surface area contributed by atoms with Crippen molar-refractivity contribution in [2.45, 2.75) is 6.04 Å². The van der Waals surface area contributed by atoms with E-state index in [2.05, 4.69) is 29.0 Å². The number of hydrogen-bond acceptors (Lipinski definition) is 3. The Morgan fingerprint density at radius 1 is 1.05 bits per heavy atom. The fraction of sp³-hybridized carbons (Fsp3) is 0.0588. The van der Waals surface area contributed by atoms with Crippen LogP contribution in [0.4, 0.5) is 5.69 Å². The Bertz CT molecular complexity index is 752. The van der Waals surface area contributed by atoms with Crippen molar-refractivity contribution in [2.24, 2.45) is 0 Å². The number of nitrogens with one attached hydrogen (secondary N) is 2. The molecule has 2 aromatic carbocycles. The van der Waals surface area contributed by atoms with Crippen LogP contribution in [0.5, 0.6) is 5.75 Å². The number of anilines is 1. The summed E-state index contributed by atoms with van der Waals surface area (Å²) in [6.07, 6.45) is 5.77. The van der Waals surface area contributed by atoms with Gasteiger partial charge in [0, 0.05) is 11.3 Å². The van der Waals surface area contributed by atoms with Gasteiger partial charge in [-0.1, -0.05) is 42.5 Å². The van der Waals surface area contributed by atoms with Gasteiger partial charge in [-0.2, -0.15) is 5.48 Å². The second-order valence-corrected chi connectivity index (χ2v) is 5.04. The summed E-state index contributed by atoms with van der Waals surface area (Å²) in [7, 11) is 0. The smallest absolute Gasteiger partial charge is 0.261 e. The van der Waals surface area contributed by atoms with E-state index in [0.29, 0.717) is 5.75 Å². The monoisotopic (exact) mass is 277 g/mol. The van der Waals surface area contributed by atoms with Gasteiger partial charge in [0.1, 0.15) is 0 Å². The number of amides is 1. The quantitative estimate of drug-likeness (QED) is 0.842. The molecule has 4 rings (SSSR count). The first-order valence-corrected chi connectivity index (χ1v) is 6.79. The second kappa shape index (κ2) is 4.66. The van der Waals surface area contributed by atoms with Gasteiger partial charge in [0.25, 0.3) is 5.91 Å². The molecule has 0 saturated heterocycles. The number of benzene rings is 2. The largest absolute Gasteiger partial charge is 0.379 e. The van der Waals surface area contributed by atoms with Crippen LogP contribution >= 0.6 is 0 Å². The summed E-state index contributed by atoms with van der Waals surface area (Å²) in [4.78, 5) is 16.8. The summed E-state index contributed by atoms with van der Waals surface area (Å²) < 4.78 is 0. The van der Waals surface area contributed by atoms with Crippen LogP contribution in [0, 0.1) is 6.42 Å². The Labute approximate surface area is 122 Å². The Balaban J connectivity index is 1.74. The van der Waals surface area contributed by atoms with Crippen LogP contribution in [-0.4, -0.2) is 5.91 Å². The van der Waals surface area contributed by atoms with Crippen LogP contribution in [0.1, 0.15) is 22.7 Å². The fourth-order valence-electron chi connectivity index (χ4n) is 2.71. The Morgan fingerprint density at radius 3 is 2.90 bits per heavy atom. The summed E-state index contributed by atoms with van der Waals surface area (Å²) in [5.41, 5.74) is 6.44. The highest BCUT2D eigenvalue weighted by molar-refractivity contribution is 5.91. The molecule has 0 fully saturated rings. The lowest BCUT2D eigenvalue weighted by atomic mass is 9.93. The van der Waals surface area contributed by atoms with Gasteiger partial charge in [0.05, 0.1) is 12.5 Å². The molecule has 103 valence electrons. The number of carbonyl (C=O) groups excluding carboxylic acids is 1. The molecule has 1 radical (unpaired) electrons. The van der Waals surface area contributed by atoms with E-state index in [1.54, 1.807) is 6.42 Å². The zero-order chi connectivity index (χ0) is 14.2. The lowest BCUT2D eigenvalue weighted by Gasteiger charge is -2.26. The third-order valence-corrected chi connectivity index (χ3v) is 3.71. The van der Waals surface area contributed by atoms with Crippen LogP contribution in [0.2, 0.25) is 0 Å². The predicted molar refractivity (Wildman–Crippen MR) is 80.5 cm³/mol. The summed E-state index contributed by atoms with van der Waals surface area (Å²) in [5, 5.41) is 3.48. The van der Waals surface area contributed by atoms with E-state index in [-0.39, 0.29) is 11.9 Å². The van der Waals surface area contributed by atoms with Gasteiger partial charge in [-0.25, -0.2) is 0 Å². The summed E-state index contributed by atoms with van der Waals surface area (Å²) in [6, 6.07) is 13.9. The standard InChI is InChI=1S/C17H13N2O2/c20-17-10-13-12(5-3-7-16(13)21-19-17)15-9-8-11-4-1-2-6-14(11)18-15/h1-10,15,18H,(H,19,20). The average molecular weight is 277 g/mol. The van der Waals surface area contributed by atoms with Gasteiger partial charge in [0.2, 0.25) is 0 Å². The molecular formula is C17H13N2O2. The number of rotatable bonds is 1. The molecule has 2 aromatic rings. The van der Waals surface area contributed by atoms with Crippen molar-refractivity contribution >= 4 is 17.7 Å². The van der Waals surface area contributed by atoms with Crippen LogP contribution in [0.15, 0.2) is 48.5 Å². The van der Waals surface area contributed by atoms with Gasteiger partial charge in [0.15, 0.2) is 5.75 Å². The van der Waals surface area contributed by atoms with Crippen molar-refractivity contribution in [3.63, 3.8) is 0 Å². The van der Waals surface area contributed by atoms with Crippen molar-refractivity contribution in [1.29, 1.82) is 0 Å². The highest BCUT2D eigenvalue weighted by Crippen LogP contribution is 2.35. The number of carbonyl (C=O) groups is 1. The fourth-order valence-corrected chi connectivity index (χ4v) is 2.71. The minimum Gasteiger partial charge on any atom is -0.379 e.